The van der Waals surface area contributed by atoms with Crippen molar-refractivity contribution in [1.29, 1.82) is 0 Å². The van der Waals surface area contributed by atoms with Gasteiger partial charge in [0, 0.05) is 16.6 Å². The van der Waals surface area contributed by atoms with E-state index in [2.05, 4.69) is 26.3 Å². The van der Waals surface area contributed by atoms with Crippen LogP contribution in [0.1, 0.15) is 18.1 Å². The number of hydrogen-bond acceptors (Lipinski definition) is 2. The molecule has 0 aliphatic carbocycles. The van der Waals surface area contributed by atoms with E-state index >= 15 is 0 Å². The maximum atomic E-state index is 12.8. The molecule has 0 amide bonds. The molecule has 1 rings (SSSR count). The molecular weight excluding hydrogens is 299 g/mol. The molecule has 17 heavy (non-hydrogen) atoms. The summed E-state index contributed by atoms with van der Waals surface area (Å²) in [6.45, 7) is 2.05. The third-order valence-corrected chi connectivity index (χ3v) is 2.49. The molecule has 0 aliphatic heterocycles. The predicted octanol–water partition coefficient (Wildman–Crippen LogP) is 2.70. The van der Waals surface area contributed by atoms with Crippen LogP contribution in [0.4, 0.5) is 13.2 Å². The Bertz CT molecular complexity index is 429. The maximum absolute atomic E-state index is 12.8. The summed E-state index contributed by atoms with van der Waals surface area (Å²) < 4.78 is 38.8. The highest BCUT2D eigenvalue weighted by atomic mass is 79.9. The highest BCUT2D eigenvalue weighted by Gasteiger charge is 2.34. The topological polar surface area (TPSA) is 50.4 Å². The van der Waals surface area contributed by atoms with Crippen molar-refractivity contribution < 1.29 is 13.2 Å². The summed E-state index contributed by atoms with van der Waals surface area (Å²) in [7, 11) is 0. The largest absolute Gasteiger partial charge is 0.417 e. The summed E-state index contributed by atoms with van der Waals surface area (Å²) in [6.07, 6.45) is -4.45. The van der Waals surface area contributed by atoms with Crippen molar-refractivity contribution in [3.63, 3.8) is 0 Å². The van der Waals surface area contributed by atoms with E-state index in [1.165, 1.54) is 12.1 Å². The van der Waals surface area contributed by atoms with Gasteiger partial charge in [-0.2, -0.15) is 13.2 Å². The van der Waals surface area contributed by atoms with E-state index in [1.54, 1.807) is 6.92 Å². The summed E-state index contributed by atoms with van der Waals surface area (Å²) in [5.41, 5.74) is 1.34. The number of alkyl halides is 3. The van der Waals surface area contributed by atoms with Gasteiger partial charge in [-0.1, -0.05) is 15.9 Å². The van der Waals surface area contributed by atoms with E-state index in [0.717, 1.165) is 6.07 Å². The standard InChI is InChI=1S/C10H11BrF3N3/c1-2-16-9(17-15)7-4-3-6(11)5-8(7)10(12,13)14/h3-5H,2,15H2,1H3,(H,16,17). The minimum absolute atomic E-state index is 0.0207. The number of hydrazine groups is 1. The van der Waals surface area contributed by atoms with Crippen molar-refractivity contribution >= 4 is 21.8 Å². The van der Waals surface area contributed by atoms with Crippen LogP contribution in [-0.2, 0) is 6.18 Å². The van der Waals surface area contributed by atoms with Gasteiger partial charge in [-0.3, -0.25) is 4.99 Å². The minimum atomic E-state index is -4.45. The van der Waals surface area contributed by atoms with Gasteiger partial charge in [0.05, 0.1) is 5.56 Å². The number of aliphatic imine (C=N–C) groups is 1. The molecule has 0 aromatic heterocycles. The lowest BCUT2D eigenvalue weighted by atomic mass is 10.1. The average Bonchev–Trinajstić information content (AvgIpc) is 2.25. The van der Waals surface area contributed by atoms with Gasteiger partial charge in [0.2, 0.25) is 0 Å². The molecule has 0 heterocycles. The van der Waals surface area contributed by atoms with Gasteiger partial charge < -0.3 is 5.43 Å². The highest BCUT2D eigenvalue weighted by Crippen LogP contribution is 2.33. The first kappa shape index (κ1) is 14.0. The van der Waals surface area contributed by atoms with E-state index in [4.69, 9.17) is 5.84 Å². The summed E-state index contributed by atoms with van der Waals surface area (Å²) >= 11 is 3.01. The number of nitrogens with zero attached hydrogens (tertiary/aromatic N) is 1. The van der Waals surface area contributed by atoms with E-state index in [0.29, 0.717) is 11.0 Å². The lowest BCUT2D eigenvalue weighted by Crippen LogP contribution is -2.33. The number of benzene rings is 1. The number of nitrogens with two attached hydrogens (primary N) is 1. The van der Waals surface area contributed by atoms with Crippen molar-refractivity contribution in [3.8, 4) is 0 Å². The first-order chi connectivity index (χ1) is 7.90. The van der Waals surface area contributed by atoms with Crippen molar-refractivity contribution in [2.75, 3.05) is 6.54 Å². The van der Waals surface area contributed by atoms with E-state index < -0.39 is 11.7 Å². The van der Waals surface area contributed by atoms with Gasteiger partial charge in [-0.15, -0.1) is 0 Å². The molecule has 0 saturated carbocycles. The first-order valence-corrected chi connectivity index (χ1v) is 5.57. The molecule has 7 heteroatoms. The first-order valence-electron chi connectivity index (χ1n) is 4.78. The second kappa shape index (κ2) is 5.50. The van der Waals surface area contributed by atoms with Crippen LogP contribution >= 0.6 is 15.9 Å². The summed E-state index contributed by atoms with van der Waals surface area (Å²) in [4.78, 5) is 3.88. The van der Waals surface area contributed by atoms with Gasteiger partial charge in [0.25, 0.3) is 0 Å². The molecule has 0 bridgehead atoms. The third-order valence-electron chi connectivity index (χ3n) is 2.00. The van der Waals surface area contributed by atoms with Crippen molar-refractivity contribution in [2.45, 2.75) is 13.1 Å². The number of hydrogen-bond donors (Lipinski definition) is 2. The zero-order chi connectivity index (χ0) is 13.1. The van der Waals surface area contributed by atoms with Crippen molar-refractivity contribution in [2.24, 2.45) is 10.8 Å². The third kappa shape index (κ3) is 3.44. The molecule has 1 aromatic carbocycles. The van der Waals surface area contributed by atoms with Crippen LogP contribution in [0.5, 0.6) is 0 Å². The second-order valence-corrected chi connectivity index (χ2v) is 4.07. The van der Waals surface area contributed by atoms with Crippen LogP contribution in [-0.4, -0.2) is 12.4 Å². The lowest BCUT2D eigenvalue weighted by molar-refractivity contribution is -0.137. The zero-order valence-corrected chi connectivity index (χ0v) is 10.6. The second-order valence-electron chi connectivity index (χ2n) is 3.15. The molecule has 0 fully saturated rings. The van der Waals surface area contributed by atoms with Gasteiger partial charge in [-0.25, -0.2) is 5.84 Å². The number of amidine groups is 1. The molecule has 3 N–H and O–H groups in total. The van der Waals surface area contributed by atoms with Crippen molar-refractivity contribution in [3.05, 3.63) is 33.8 Å². The fourth-order valence-electron chi connectivity index (χ4n) is 1.32. The van der Waals surface area contributed by atoms with Crippen LogP contribution in [0.15, 0.2) is 27.7 Å². The van der Waals surface area contributed by atoms with E-state index in [9.17, 15) is 13.2 Å². The Morgan fingerprint density at radius 1 is 1.47 bits per heavy atom. The Hall–Kier alpha value is -1.08. The fraction of sp³-hybridized carbons (Fsp3) is 0.300. The minimum Gasteiger partial charge on any atom is -0.308 e. The molecule has 0 unspecified atom stereocenters. The van der Waals surface area contributed by atoms with E-state index in [1.807, 2.05) is 0 Å². The Morgan fingerprint density at radius 3 is 2.59 bits per heavy atom. The van der Waals surface area contributed by atoms with Crippen LogP contribution in [0, 0.1) is 0 Å². The molecule has 0 spiro atoms. The zero-order valence-electron chi connectivity index (χ0n) is 8.98. The molecule has 1 aromatic rings. The van der Waals surface area contributed by atoms with Gasteiger partial charge in [0.1, 0.15) is 5.84 Å². The monoisotopic (exact) mass is 309 g/mol. The van der Waals surface area contributed by atoms with Gasteiger partial charge >= 0.3 is 6.18 Å². The molecular formula is C10H11BrF3N3. The molecule has 3 nitrogen and oxygen atoms in total. The molecule has 0 radical (unpaired) electrons. The molecule has 0 atom stereocenters. The maximum Gasteiger partial charge on any atom is 0.417 e. The Balaban J connectivity index is 3.38. The van der Waals surface area contributed by atoms with Gasteiger partial charge in [-0.05, 0) is 25.1 Å². The van der Waals surface area contributed by atoms with Crippen LogP contribution in [0.2, 0.25) is 0 Å². The van der Waals surface area contributed by atoms with Crippen LogP contribution in [0.3, 0.4) is 0 Å². The normalized spacial score (nSPS) is 12.7. The lowest BCUT2D eigenvalue weighted by Gasteiger charge is -2.14. The Kier molecular flexibility index (Phi) is 4.53. The Morgan fingerprint density at radius 2 is 2.12 bits per heavy atom. The molecule has 0 saturated heterocycles. The average molecular weight is 310 g/mol. The smallest absolute Gasteiger partial charge is 0.308 e. The van der Waals surface area contributed by atoms with Crippen LogP contribution in [0.25, 0.3) is 0 Å². The number of nitrogens with one attached hydrogen (secondary N) is 1. The molecule has 0 aliphatic rings. The van der Waals surface area contributed by atoms with Crippen LogP contribution < -0.4 is 11.3 Å². The number of halogens is 4. The summed E-state index contributed by atoms with van der Waals surface area (Å²) in [5, 5.41) is 0. The summed E-state index contributed by atoms with van der Waals surface area (Å²) in [5.74, 6) is 5.20. The fourth-order valence-corrected chi connectivity index (χ4v) is 1.69. The quantitative estimate of drug-likeness (QED) is 0.382. The molecule has 94 valence electrons. The van der Waals surface area contributed by atoms with Gasteiger partial charge in [0.15, 0.2) is 0 Å². The summed E-state index contributed by atoms with van der Waals surface area (Å²) in [6, 6.07) is 3.83. The highest BCUT2D eigenvalue weighted by molar-refractivity contribution is 9.10. The predicted molar refractivity (Wildman–Crippen MR) is 63.5 cm³/mol. The van der Waals surface area contributed by atoms with Crippen molar-refractivity contribution in [1.82, 2.24) is 5.43 Å². The Labute approximate surface area is 105 Å². The number of rotatable bonds is 2. The SMILES string of the molecule is CCN=C(NN)c1ccc(Br)cc1C(F)(F)F. The van der Waals surface area contributed by atoms with E-state index in [-0.39, 0.29) is 11.4 Å².